The summed E-state index contributed by atoms with van der Waals surface area (Å²) < 4.78 is 27.5. The number of carbonyl (C=O) groups is 5. The number of hydrogen-bond donors (Lipinski definition) is 0. The molecule has 0 aliphatic heterocycles. The van der Waals surface area contributed by atoms with E-state index in [1.54, 1.807) is 24.3 Å². The number of benzene rings is 9. The van der Waals surface area contributed by atoms with Crippen molar-refractivity contribution in [3.63, 3.8) is 0 Å². The van der Waals surface area contributed by atoms with Gasteiger partial charge in [0.1, 0.15) is 11.6 Å². The molecule has 0 aliphatic carbocycles. The molecular weight excluding hydrogens is 1220 g/mol. The Bertz CT molecular complexity index is 4290. The smallest absolute Gasteiger partial charge is 1.00 e. The number of ether oxygens (including phenoxy) is 6. The van der Waals surface area contributed by atoms with E-state index in [2.05, 4.69) is 48.3 Å². The first kappa shape index (κ1) is 76.3. The molecule has 0 aromatic heterocycles. The van der Waals surface area contributed by atoms with E-state index in [-0.39, 0.29) is 49.7 Å². The zero-order valence-corrected chi connectivity index (χ0v) is 55.0. The van der Waals surface area contributed by atoms with Crippen molar-refractivity contribution in [2.24, 2.45) is 0 Å². The minimum atomic E-state index is -1.20. The summed E-state index contributed by atoms with van der Waals surface area (Å²) in [5.74, 6) is -2.92. The normalized spacial score (nSPS) is 10.9. The third-order valence-electron chi connectivity index (χ3n) is 14.3. The summed E-state index contributed by atoms with van der Waals surface area (Å²) in [5.41, 5.74) is 11.7. The van der Waals surface area contributed by atoms with E-state index < -0.39 is 42.1 Å². The molecule has 9 rings (SSSR count). The Balaban J connectivity index is 0.000000361. The number of methoxy groups -OCH3 is 6. The molecule has 0 saturated carbocycles. The molecule has 0 bridgehead atoms. The molecule has 96 heavy (non-hydrogen) atoms. The quantitative estimate of drug-likeness (QED) is 0.0427. The molecule has 0 heterocycles. The topological polar surface area (TPSA) is 225 Å². The molecule has 0 saturated heterocycles. The monoisotopic (exact) mass is 1280 g/mol. The minimum absolute atomic E-state index is 0. The van der Waals surface area contributed by atoms with Crippen LogP contribution in [0.25, 0.3) is 92.6 Å². The van der Waals surface area contributed by atoms with Crippen LogP contribution in [0.15, 0.2) is 218 Å². The van der Waals surface area contributed by atoms with Gasteiger partial charge in [-0.2, -0.15) is 15.8 Å². The second kappa shape index (κ2) is 39.3. The average molecular weight is 1290 g/mol. The van der Waals surface area contributed by atoms with Crippen LogP contribution in [0.2, 0.25) is 0 Å². The van der Waals surface area contributed by atoms with Crippen molar-refractivity contribution in [1.29, 1.82) is 15.8 Å². The van der Waals surface area contributed by atoms with Gasteiger partial charge in [0.05, 0.1) is 85.3 Å². The zero-order valence-electron chi connectivity index (χ0n) is 54.0. The van der Waals surface area contributed by atoms with Crippen molar-refractivity contribution in [3.05, 3.63) is 285 Å². The zero-order chi connectivity index (χ0) is 67.9. The van der Waals surface area contributed by atoms with E-state index in [0.717, 1.165) is 44.5 Å². The molecule has 0 aliphatic rings. The van der Waals surface area contributed by atoms with Crippen molar-refractivity contribution in [2.75, 3.05) is 42.7 Å². The molecule has 17 nitrogen and oxygen atoms in total. The number of hydrogen-bond acceptors (Lipinski definition) is 14. The molecule has 9 aromatic carbocycles. The summed E-state index contributed by atoms with van der Waals surface area (Å²) in [6.45, 7) is 22.9. The van der Waals surface area contributed by atoms with Gasteiger partial charge in [-0.1, -0.05) is 195 Å². The van der Waals surface area contributed by atoms with E-state index in [0.29, 0.717) is 67.8 Å². The maximum absolute atomic E-state index is 12.4. The van der Waals surface area contributed by atoms with Gasteiger partial charge in [0.25, 0.3) is 5.70 Å². The molecule has 2 atom stereocenters. The van der Waals surface area contributed by atoms with E-state index in [4.69, 9.17) is 38.7 Å². The molecule has 2 unspecified atom stereocenters. The molecule has 18 heteroatoms. The summed E-state index contributed by atoms with van der Waals surface area (Å²) in [4.78, 5) is 69.9. The van der Waals surface area contributed by atoms with E-state index in [1.807, 2.05) is 188 Å². The van der Waals surface area contributed by atoms with Crippen LogP contribution in [-0.2, 0) is 60.4 Å². The van der Waals surface area contributed by atoms with E-state index >= 15 is 0 Å². The summed E-state index contributed by atoms with van der Waals surface area (Å²) in [6.07, 6.45) is 0.0309. The first-order chi connectivity index (χ1) is 45.7. The fraction of sp³-hybridized carbons (Fsp3) is 0.141. The first-order valence-corrected chi connectivity index (χ1v) is 28.5. The summed E-state index contributed by atoms with van der Waals surface area (Å²) in [7, 11) is 7.40. The van der Waals surface area contributed by atoms with Crippen molar-refractivity contribution in [1.82, 2.24) is 0 Å². The summed E-state index contributed by atoms with van der Waals surface area (Å²) in [6, 6.07) is 71.5. The molecule has 474 valence electrons. The van der Waals surface area contributed by atoms with Gasteiger partial charge in [-0.25, -0.2) is 37.2 Å². The Morgan fingerprint density at radius 3 is 0.969 bits per heavy atom. The number of nitrogens with zero attached hydrogens (tertiary/aromatic N) is 6. The third kappa shape index (κ3) is 19.4. The number of nitriles is 3. The minimum Gasteiger partial charge on any atom is -1.00 e. The van der Waals surface area contributed by atoms with Crippen LogP contribution in [0.1, 0.15) is 43.2 Å². The Morgan fingerprint density at radius 1 is 0.406 bits per heavy atom. The van der Waals surface area contributed by atoms with Gasteiger partial charge in [0, 0.05) is 5.22 Å². The molecule has 0 radical (unpaired) electrons. The number of esters is 4. The van der Waals surface area contributed by atoms with Crippen molar-refractivity contribution in [2.45, 2.75) is 32.4 Å². The van der Waals surface area contributed by atoms with E-state index in [1.165, 1.54) is 42.7 Å². The average Bonchev–Trinajstić information content (AvgIpc) is 0.786. The van der Waals surface area contributed by atoms with E-state index in [9.17, 15) is 39.8 Å². The maximum Gasteiger partial charge on any atom is 1.00 e. The summed E-state index contributed by atoms with van der Waals surface area (Å²) in [5, 5.41) is 28.9. The van der Waals surface area contributed by atoms with Crippen molar-refractivity contribution < 1.29 is 83.4 Å². The van der Waals surface area contributed by atoms with Crippen LogP contribution in [-0.4, -0.2) is 72.7 Å². The molecule has 9 aromatic rings. The van der Waals surface area contributed by atoms with Crippen molar-refractivity contribution >= 4 is 41.3 Å². The second-order valence-corrected chi connectivity index (χ2v) is 19.7. The van der Waals surface area contributed by atoms with Gasteiger partial charge in [0.2, 0.25) is 0 Å². The molecule has 0 spiro atoms. The Morgan fingerprint density at radius 2 is 0.708 bits per heavy atom. The predicted molar refractivity (Wildman–Crippen MR) is 363 cm³/mol. The predicted octanol–water partition coefficient (Wildman–Crippen LogP) is 11.7. The van der Waals surface area contributed by atoms with Gasteiger partial charge < -0.3 is 29.8 Å². The largest absolute Gasteiger partial charge is 1.00 e. The second-order valence-electron chi connectivity index (χ2n) is 19.7. The molecule has 0 fully saturated rings. The number of carbonyl (C=O) groups excluding carboxylic acids is 5. The van der Waals surface area contributed by atoms with Crippen LogP contribution in [0.3, 0.4) is 0 Å². The van der Waals surface area contributed by atoms with Crippen LogP contribution in [0.4, 0.5) is 4.79 Å². The maximum atomic E-state index is 12.4. The molecular formula is C78H65N6NaO11. The van der Waals surface area contributed by atoms with Gasteiger partial charge in [-0.05, 0) is 113 Å². The van der Waals surface area contributed by atoms with Crippen LogP contribution < -0.4 is 40.0 Å². The van der Waals surface area contributed by atoms with Crippen LogP contribution >= 0.6 is 0 Å². The van der Waals surface area contributed by atoms with Gasteiger partial charge in [0.15, 0.2) is 0 Å². The SMILES string of the molecule is C.COC(=O)OC.N#CCc1cc(-c2ccccc2)c(CC#N)cc1-c1ccccc1.[C-]#[N+]/C(C(=O)OC)=c1\cc(-c2ccccc2)/c(=C(/C#N)C(=O)OC)cc1-c1ccccc1.[C-]#[N+]C(C(=O)OC)c1cc(-c2ccccc2)c(C([N+]#[C-])C(=O)OC)cc1-c1ccccc1.[H-].[Na+]. The van der Waals surface area contributed by atoms with Crippen LogP contribution in [0.5, 0.6) is 0 Å². The molecule has 0 N–H and O–H groups in total. The van der Waals surface area contributed by atoms with Gasteiger partial charge in [-0.3, -0.25) is 14.5 Å². The first-order valence-electron chi connectivity index (χ1n) is 28.5. The van der Waals surface area contributed by atoms with Crippen molar-refractivity contribution in [3.8, 4) is 85.0 Å². The molecule has 0 amide bonds. The number of rotatable bonds is 14. The fourth-order valence-electron chi connectivity index (χ4n) is 9.90. The summed E-state index contributed by atoms with van der Waals surface area (Å²) >= 11 is 0. The van der Waals surface area contributed by atoms with Gasteiger partial charge >= 0.3 is 71.7 Å². The third-order valence-corrected chi connectivity index (χ3v) is 14.3. The fourth-order valence-corrected chi connectivity index (χ4v) is 9.90. The Hall–Kier alpha value is -12.2. The standard InChI is InChI=1S/C26H20N2O4.C26H18N2O4.C22H16N2.C3H6O3.CH4.Na.H/c1-27-23(25(29)31-3)21-15-20(18-13-9-6-10-14-18)22(24(28-2)26(30)32-4)16-19(21)17-11-7-5-8-12-17;1-28-24(26(30)32-3)22-15-19(17-10-6-4-7-11-17)21(23(16-27)25(29)31-2)14-20(22)18-12-8-5-9-13-18;23-13-11-19-16-22(18-9-5-2-6-10-18)20(12-14-24)15-21(19)17-7-3-1-4-8-17;1-5-3(4)6-2;;;/h5-16,23-24H,3-4H3;4-15H,2-3H3;1-10,15-16H,11-12H2;1-2H3;1H4;;/q;;;;;+1;-1/b;23-21-,24-22+;;;;;. The van der Waals surface area contributed by atoms with Gasteiger partial charge in [-0.15, -0.1) is 0 Å². The Kier molecular flexibility index (Phi) is 31.2. The Labute approximate surface area is 582 Å². The van der Waals surface area contributed by atoms with Crippen LogP contribution in [0, 0.1) is 53.7 Å².